The highest BCUT2D eigenvalue weighted by atomic mass is 16.5. The predicted molar refractivity (Wildman–Crippen MR) is 81.2 cm³/mol. The molecule has 1 aromatic heterocycles. The zero-order valence-corrected chi connectivity index (χ0v) is 12.3. The fourth-order valence-electron chi connectivity index (χ4n) is 3.12. The summed E-state index contributed by atoms with van der Waals surface area (Å²) in [4.78, 5) is 19.0. The Balaban J connectivity index is 1.55. The first-order valence-electron chi connectivity index (χ1n) is 7.87. The molecule has 0 saturated carbocycles. The van der Waals surface area contributed by atoms with E-state index in [4.69, 9.17) is 4.74 Å². The van der Waals surface area contributed by atoms with Crippen LogP contribution in [0.25, 0.3) is 0 Å². The molecule has 0 aromatic carbocycles. The number of piperidine rings is 1. The molecule has 2 saturated heterocycles. The van der Waals surface area contributed by atoms with E-state index in [-0.39, 0.29) is 17.9 Å². The van der Waals surface area contributed by atoms with Gasteiger partial charge in [0.05, 0.1) is 0 Å². The Labute approximate surface area is 125 Å². The Kier molecular flexibility index (Phi) is 4.70. The van der Waals surface area contributed by atoms with Crippen LogP contribution in [0.15, 0.2) is 24.4 Å². The average molecular weight is 289 g/mol. The largest absolute Gasteiger partial charge is 0.381 e. The maximum atomic E-state index is 12.3. The molecule has 0 aliphatic carbocycles. The first-order valence-corrected chi connectivity index (χ1v) is 7.87. The van der Waals surface area contributed by atoms with Gasteiger partial charge < -0.3 is 15.0 Å². The third-order valence-electron chi connectivity index (χ3n) is 4.33. The van der Waals surface area contributed by atoms with Crippen molar-refractivity contribution < 1.29 is 9.53 Å². The fraction of sp³-hybridized carbons (Fsp3) is 0.625. The zero-order valence-electron chi connectivity index (χ0n) is 12.3. The Morgan fingerprint density at radius 1 is 1.29 bits per heavy atom. The van der Waals surface area contributed by atoms with Crippen LogP contribution in [0.5, 0.6) is 0 Å². The Morgan fingerprint density at radius 3 is 2.90 bits per heavy atom. The third kappa shape index (κ3) is 3.73. The van der Waals surface area contributed by atoms with E-state index in [1.54, 1.807) is 0 Å². The number of carbonyl (C=O) groups is 1. The van der Waals surface area contributed by atoms with Gasteiger partial charge in [-0.05, 0) is 37.8 Å². The van der Waals surface area contributed by atoms with Crippen molar-refractivity contribution in [2.75, 3.05) is 31.2 Å². The summed E-state index contributed by atoms with van der Waals surface area (Å²) in [5, 5.41) is 3.22. The molecule has 1 aromatic rings. The molecular formula is C16H23N3O2. The van der Waals surface area contributed by atoms with E-state index >= 15 is 0 Å². The van der Waals surface area contributed by atoms with Crippen LogP contribution in [-0.4, -0.2) is 43.2 Å². The van der Waals surface area contributed by atoms with Crippen LogP contribution in [0, 0.1) is 5.92 Å². The lowest BCUT2D eigenvalue weighted by atomic mass is 9.98. The minimum absolute atomic E-state index is 0.129. The summed E-state index contributed by atoms with van der Waals surface area (Å²) >= 11 is 0. The smallest absolute Gasteiger partial charge is 0.223 e. The van der Waals surface area contributed by atoms with E-state index in [1.165, 1.54) is 0 Å². The van der Waals surface area contributed by atoms with Gasteiger partial charge >= 0.3 is 0 Å². The lowest BCUT2D eigenvalue weighted by Gasteiger charge is -2.35. The van der Waals surface area contributed by atoms with Crippen LogP contribution < -0.4 is 10.2 Å². The summed E-state index contributed by atoms with van der Waals surface area (Å²) in [6.07, 6.45) is 5.66. The van der Waals surface area contributed by atoms with Gasteiger partial charge in [-0.2, -0.15) is 0 Å². The molecule has 5 heteroatoms. The second-order valence-electron chi connectivity index (χ2n) is 5.87. The lowest BCUT2D eigenvalue weighted by Crippen LogP contribution is -2.50. The Hall–Kier alpha value is -1.62. The highest BCUT2D eigenvalue weighted by Crippen LogP contribution is 2.19. The average Bonchev–Trinajstić information content (AvgIpc) is 2.57. The van der Waals surface area contributed by atoms with E-state index in [0.29, 0.717) is 13.2 Å². The second kappa shape index (κ2) is 6.89. The second-order valence-corrected chi connectivity index (χ2v) is 5.87. The van der Waals surface area contributed by atoms with Gasteiger partial charge in [-0.1, -0.05) is 6.07 Å². The molecule has 3 rings (SSSR count). The summed E-state index contributed by atoms with van der Waals surface area (Å²) in [7, 11) is 0. The number of hydrogen-bond acceptors (Lipinski definition) is 4. The monoisotopic (exact) mass is 289 g/mol. The summed E-state index contributed by atoms with van der Waals surface area (Å²) < 4.78 is 5.32. The number of pyridine rings is 1. The van der Waals surface area contributed by atoms with Gasteiger partial charge in [0, 0.05) is 44.5 Å². The van der Waals surface area contributed by atoms with Crippen molar-refractivity contribution in [3.63, 3.8) is 0 Å². The van der Waals surface area contributed by atoms with Gasteiger partial charge in [0.15, 0.2) is 0 Å². The van der Waals surface area contributed by atoms with E-state index < -0.39 is 0 Å². The minimum Gasteiger partial charge on any atom is -0.381 e. The summed E-state index contributed by atoms with van der Waals surface area (Å²) in [6, 6.07) is 6.20. The quantitative estimate of drug-likeness (QED) is 0.918. The number of nitrogens with zero attached hydrogens (tertiary/aromatic N) is 2. The molecule has 1 amide bonds. The minimum atomic E-state index is 0.129. The van der Waals surface area contributed by atoms with Crippen molar-refractivity contribution in [2.24, 2.45) is 5.92 Å². The van der Waals surface area contributed by atoms with Crippen LogP contribution in [0.1, 0.15) is 25.7 Å². The zero-order chi connectivity index (χ0) is 14.5. The van der Waals surface area contributed by atoms with Crippen LogP contribution in [-0.2, 0) is 9.53 Å². The number of nitrogens with one attached hydrogen (secondary N) is 1. The van der Waals surface area contributed by atoms with Gasteiger partial charge in [-0.15, -0.1) is 0 Å². The fourth-order valence-corrected chi connectivity index (χ4v) is 3.12. The molecule has 1 atom stereocenters. The molecule has 0 spiro atoms. The van der Waals surface area contributed by atoms with Crippen molar-refractivity contribution >= 4 is 11.7 Å². The maximum Gasteiger partial charge on any atom is 0.223 e. The standard InChI is InChI=1S/C16H23N3O2/c20-16(13-6-10-21-11-7-13)18-14-4-3-9-19(12-14)15-5-1-2-8-17-15/h1-2,5,8,13-14H,3-4,6-7,9-12H2,(H,18,20). The number of anilines is 1. The predicted octanol–water partition coefficient (Wildman–Crippen LogP) is 1.59. The highest BCUT2D eigenvalue weighted by molar-refractivity contribution is 5.79. The van der Waals surface area contributed by atoms with Gasteiger partial charge in [0.2, 0.25) is 5.91 Å². The van der Waals surface area contributed by atoms with E-state index in [0.717, 1.165) is 44.6 Å². The number of ether oxygens (including phenoxy) is 1. The molecule has 114 valence electrons. The molecule has 0 radical (unpaired) electrons. The molecule has 2 aliphatic heterocycles. The van der Waals surface area contributed by atoms with E-state index in [9.17, 15) is 4.79 Å². The lowest BCUT2D eigenvalue weighted by molar-refractivity contribution is -0.128. The molecule has 0 bridgehead atoms. The van der Waals surface area contributed by atoms with Crippen molar-refractivity contribution in [2.45, 2.75) is 31.7 Å². The molecule has 21 heavy (non-hydrogen) atoms. The Morgan fingerprint density at radius 2 is 2.14 bits per heavy atom. The number of rotatable bonds is 3. The molecule has 1 unspecified atom stereocenters. The normalized spacial score (nSPS) is 23.8. The van der Waals surface area contributed by atoms with E-state index in [1.807, 2.05) is 24.4 Å². The van der Waals surface area contributed by atoms with Gasteiger partial charge in [0.1, 0.15) is 5.82 Å². The molecular weight excluding hydrogens is 266 g/mol. The molecule has 3 heterocycles. The topological polar surface area (TPSA) is 54.5 Å². The summed E-state index contributed by atoms with van der Waals surface area (Å²) in [5.41, 5.74) is 0. The maximum absolute atomic E-state index is 12.3. The summed E-state index contributed by atoms with van der Waals surface area (Å²) in [5.74, 6) is 1.33. The first kappa shape index (κ1) is 14.3. The van der Waals surface area contributed by atoms with Crippen molar-refractivity contribution in [1.82, 2.24) is 10.3 Å². The third-order valence-corrected chi connectivity index (χ3v) is 4.33. The van der Waals surface area contributed by atoms with Crippen LogP contribution >= 0.6 is 0 Å². The van der Waals surface area contributed by atoms with Crippen molar-refractivity contribution in [1.29, 1.82) is 0 Å². The van der Waals surface area contributed by atoms with Crippen LogP contribution in [0.3, 0.4) is 0 Å². The number of aromatic nitrogens is 1. The molecule has 2 aliphatic rings. The van der Waals surface area contributed by atoms with Crippen LogP contribution in [0.4, 0.5) is 5.82 Å². The SMILES string of the molecule is O=C(NC1CCCN(c2ccccn2)C1)C1CCOCC1. The molecule has 1 N–H and O–H groups in total. The van der Waals surface area contributed by atoms with E-state index in [2.05, 4.69) is 15.2 Å². The van der Waals surface area contributed by atoms with Gasteiger partial charge in [-0.25, -0.2) is 4.98 Å². The first-order chi connectivity index (χ1) is 10.3. The summed E-state index contributed by atoms with van der Waals surface area (Å²) in [6.45, 7) is 3.29. The van der Waals surface area contributed by atoms with Gasteiger partial charge in [0.25, 0.3) is 0 Å². The highest BCUT2D eigenvalue weighted by Gasteiger charge is 2.26. The molecule has 2 fully saturated rings. The Bertz CT molecular complexity index is 460. The van der Waals surface area contributed by atoms with Crippen LogP contribution in [0.2, 0.25) is 0 Å². The number of amides is 1. The molecule has 5 nitrogen and oxygen atoms in total. The van der Waals surface area contributed by atoms with Gasteiger partial charge in [-0.3, -0.25) is 4.79 Å². The van der Waals surface area contributed by atoms with Crippen molar-refractivity contribution in [3.05, 3.63) is 24.4 Å². The number of carbonyl (C=O) groups excluding carboxylic acids is 1. The number of hydrogen-bond donors (Lipinski definition) is 1. The van der Waals surface area contributed by atoms with Crippen molar-refractivity contribution in [3.8, 4) is 0 Å².